The lowest BCUT2D eigenvalue weighted by Gasteiger charge is -2.26. The van der Waals surface area contributed by atoms with Crippen molar-refractivity contribution in [3.05, 3.63) is 35.5 Å². The van der Waals surface area contributed by atoms with Gasteiger partial charge in [-0.3, -0.25) is 0 Å². The fourth-order valence-electron chi connectivity index (χ4n) is 4.38. The number of benzene rings is 1. The van der Waals surface area contributed by atoms with Gasteiger partial charge in [-0.2, -0.15) is 0 Å². The highest BCUT2D eigenvalue weighted by molar-refractivity contribution is 6.36. The van der Waals surface area contributed by atoms with Gasteiger partial charge in [0.15, 0.2) is 5.71 Å². The Morgan fingerprint density at radius 3 is 3.04 bits per heavy atom. The highest BCUT2D eigenvalue weighted by atomic mass is 16.5. The quantitative estimate of drug-likeness (QED) is 0.291. The van der Waals surface area contributed by atoms with E-state index in [2.05, 4.69) is 32.9 Å². The minimum atomic E-state index is -0.527. The van der Waals surface area contributed by atoms with E-state index in [4.69, 9.17) is 4.74 Å². The first-order valence-electron chi connectivity index (χ1n) is 9.32. The van der Waals surface area contributed by atoms with Gasteiger partial charge in [0.25, 0.3) is 0 Å². The number of hydrogen-bond acceptors (Lipinski definition) is 4. The first-order valence-corrected chi connectivity index (χ1v) is 9.32. The van der Waals surface area contributed by atoms with Crippen LogP contribution < -0.4 is 0 Å². The summed E-state index contributed by atoms with van der Waals surface area (Å²) in [7, 11) is 0. The fourth-order valence-corrected chi connectivity index (χ4v) is 4.38. The predicted molar refractivity (Wildman–Crippen MR) is 99.3 cm³/mol. The van der Waals surface area contributed by atoms with Crippen LogP contribution in [0.5, 0.6) is 0 Å². The third-order valence-corrected chi connectivity index (χ3v) is 5.48. The van der Waals surface area contributed by atoms with Crippen molar-refractivity contribution in [3.8, 4) is 0 Å². The van der Waals surface area contributed by atoms with Crippen LogP contribution in [0, 0.1) is 5.92 Å². The molecular weight excluding hydrogens is 330 g/mol. The number of hydrogen-bond donors (Lipinski definition) is 2. The lowest BCUT2D eigenvalue weighted by Crippen LogP contribution is -2.40. The number of aromatic nitrogens is 1. The van der Waals surface area contributed by atoms with Crippen LogP contribution in [0.25, 0.3) is 10.9 Å². The number of oxime groups is 1. The molecule has 0 bridgehead atoms. The van der Waals surface area contributed by atoms with Crippen LogP contribution in [0.2, 0.25) is 0 Å². The molecule has 136 valence electrons. The molecule has 0 saturated carbocycles. The standard InChI is InChI=1S/C20H23N3O3/c1-2-26-20(24)17(22-25)12-13-6-5-10-23-11-9-15-14-7-3-4-8-16(14)21-18(15)19(13)23/h3-4,7-8,13H,2,5-6,9-12H2,1H3,(H,24,25)/p+1. The SMILES string of the molecule is CCOC(=O)C(CC1CCC[N+]2=C1c1[nH]c3ccccc3c1CC2)=NO. The third kappa shape index (κ3) is 2.79. The van der Waals surface area contributed by atoms with Gasteiger partial charge in [0.1, 0.15) is 18.8 Å². The van der Waals surface area contributed by atoms with Crippen molar-refractivity contribution in [2.24, 2.45) is 11.1 Å². The van der Waals surface area contributed by atoms with Gasteiger partial charge >= 0.3 is 5.97 Å². The summed E-state index contributed by atoms with van der Waals surface area (Å²) in [5.74, 6) is -0.383. The number of rotatable bonds is 4. The molecule has 26 heavy (non-hydrogen) atoms. The zero-order valence-corrected chi connectivity index (χ0v) is 15.0. The van der Waals surface area contributed by atoms with Gasteiger partial charge < -0.3 is 14.9 Å². The minimum Gasteiger partial charge on any atom is -0.461 e. The average molecular weight is 354 g/mol. The second kappa shape index (κ2) is 6.94. The first kappa shape index (κ1) is 16.8. The smallest absolute Gasteiger partial charge is 0.356 e. The minimum absolute atomic E-state index is 0.106. The van der Waals surface area contributed by atoms with E-state index in [1.54, 1.807) is 6.92 Å². The molecule has 2 aliphatic heterocycles. The molecular formula is C20H24N3O3+. The number of nitrogens with zero attached hydrogens (tertiary/aromatic N) is 2. The summed E-state index contributed by atoms with van der Waals surface area (Å²) in [4.78, 5) is 15.6. The van der Waals surface area contributed by atoms with Gasteiger partial charge in [0, 0.05) is 30.2 Å². The van der Waals surface area contributed by atoms with Gasteiger partial charge in [-0.1, -0.05) is 23.4 Å². The van der Waals surface area contributed by atoms with E-state index in [-0.39, 0.29) is 18.2 Å². The molecule has 6 nitrogen and oxygen atoms in total. The van der Waals surface area contributed by atoms with Crippen LogP contribution in [-0.2, 0) is 16.0 Å². The number of ether oxygens (including phenoxy) is 1. The van der Waals surface area contributed by atoms with Crippen molar-refractivity contribution < 1.29 is 19.3 Å². The van der Waals surface area contributed by atoms with Gasteiger partial charge in [0.2, 0.25) is 5.71 Å². The van der Waals surface area contributed by atoms with E-state index in [0.717, 1.165) is 37.9 Å². The number of esters is 1. The predicted octanol–water partition coefficient (Wildman–Crippen LogP) is 2.72. The molecule has 2 aliphatic rings. The Kier molecular flexibility index (Phi) is 4.49. The maximum Gasteiger partial charge on any atom is 0.356 e. The molecule has 1 unspecified atom stereocenters. The molecule has 0 spiro atoms. The van der Waals surface area contributed by atoms with E-state index >= 15 is 0 Å². The number of para-hydroxylation sites is 1. The zero-order chi connectivity index (χ0) is 18.1. The molecule has 1 aromatic heterocycles. The van der Waals surface area contributed by atoms with Crippen LogP contribution in [0.4, 0.5) is 0 Å². The van der Waals surface area contributed by atoms with Crippen molar-refractivity contribution in [2.75, 3.05) is 19.7 Å². The van der Waals surface area contributed by atoms with Gasteiger partial charge in [-0.05, 0) is 25.0 Å². The summed E-state index contributed by atoms with van der Waals surface area (Å²) in [6.07, 6.45) is 3.47. The van der Waals surface area contributed by atoms with Crippen LogP contribution in [-0.4, -0.2) is 51.9 Å². The Balaban J connectivity index is 1.72. The maximum atomic E-state index is 12.1. The first-order chi connectivity index (χ1) is 12.7. The van der Waals surface area contributed by atoms with E-state index in [1.165, 1.54) is 22.4 Å². The van der Waals surface area contributed by atoms with Crippen molar-refractivity contribution in [1.82, 2.24) is 4.98 Å². The fraction of sp³-hybridized carbons (Fsp3) is 0.450. The lowest BCUT2D eigenvalue weighted by molar-refractivity contribution is -0.535. The molecule has 1 aromatic carbocycles. The number of carbonyl (C=O) groups excluding carboxylic acids is 1. The summed E-state index contributed by atoms with van der Waals surface area (Å²) < 4.78 is 7.45. The van der Waals surface area contributed by atoms with Crippen LogP contribution >= 0.6 is 0 Å². The van der Waals surface area contributed by atoms with Crippen LogP contribution in [0.15, 0.2) is 29.4 Å². The summed E-state index contributed by atoms with van der Waals surface area (Å²) in [6, 6.07) is 8.39. The topological polar surface area (TPSA) is 77.7 Å². The summed E-state index contributed by atoms with van der Waals surface area (Å²) in [5.41, 5.74) is 5.05. The molecule has 3 heterocycles. The second-order valence-corrected chi connectivity index (χ2v) is 6.96. The summed E-state index contributed by atoms with van der Waals surface area (Å²) in [5, 5.41) is 13.8. The largest absolute Gasteiger partial charge is 0.461 e. The van der Waals surface area contributed by atoms with Gasteiger partial charge in [-0.15, -0.1) is 0 Å². The number of fused-ring (bicyclic) bond motifs is 4. The van der Waals surface area contributed by atoms with Gasteiger partial charge in [0.05, 0.1) is 12.5 Å². The summed E-state index contributed by atoms with van der Waals surface area (Å²) in [6.45, 7) is 4.05. The Morgan fingerprint density at radius 1 is 1.38 bits per heavy atom. The van der Waals surface area contributed by atoms with E-state index < -0.39 is 5.97 Å². The monoisotopic (exact) mass is 354 g/mol. The number of nitrogens with one attached hydrogen (secondary N) is 1. The second-order valence-electron chi connectivity index (χ2n) is 6.96. The van der Waals surface area contributed by atoms with Crippen molar-refractivity contribution in [2.45, 2.75) is 32.6 Å². The molecule has 2 aromatic rings. The molecule has 4 rings (SSSR count). The normalized spacial score (nSPS) is 20.0. The molecule has 6 heteroatoms. The Bertz CT molecular complexity index is 910. The summed E-state index contributed by atoms with van der Waals surface area (Å²) >= 11 is 0. The van der Waals surface area contributed by atoms with Gasteiger partial charge in [-0.25, -0.2) is 9.37 Å². The maximum absolute atomic E-state index is 12.1. The molecule has 0 radical (unpaired) electrons. The average Bonchev–Trinajstić information content (AvgIpc) is 3.05. The molecule has 0 saturated heterocycles. The molecule has 2 N–H and O–H groups in total. The number of aromatic amines is 1. The molecule has 0 aliphatic carbocycles. The van der Waals surface area contributed by atoms with E-state index in [0.29, 0.717) is 6.42 Å². The Hall–Kier alpha value is -2.63. The molecule has 1 atom stereocenters. The van der Waals surface area contributed by atoms with Crippen molar-refractivity contribution in [3.63, 3.8) is 0 Å². The highest BCUT2D eigenvalue weighted by Gasteiger charge is 2.38. The molecule has 0 fully saturated rings. The van der Waals surface area contributed by atoms with Crippen molar-refractivity contribution >= 4 is 28.3 Å². The Labute approximate surface area is 152 Å². The Morgan fingerprint density at radius 2 is 2.23 bits per heavy atom. The highest BCUT2D eigenvalue weighted by Crippen LogP contribution is 2.32. The van der Waals surface area contributed by atoms with E-state index in [9.17, 15) is 10.0 Å². The molecule has 0 amide bonds. The lowest BCUT2D eigenvalue weighted by atomic mass is 9.84. The van der Waals surface area contributed by atoms with Crippen LogP contribution in [0.1, 0.15) is 37.4 Å². The number of H-pyrrole nitrogens is 1. The van der Waals surface area contributed by atoms with E-state index in [1.807, 2.05) is 6.07 Å². The third-order valence-electron chi connectivity index (χ3n) is 5.48. The van der Waals surface area contributed by atoms with Crippen molar-refractivity contribution in [1.29, 1.82) is 0 Å². The zero-order valence-electron chi connectivity index (χ0n) is 15.0. The van der Waals surface area contributed by atoms with Crippen LogP contribution in [0.3, 0.4) is 0 Å². The number of carbonyl (C=O) groups is 1.